The Morgan fingerprint density at radius 3 is 2.79 bits per heavy atom. The molecular formula is C14H23N3OS. The van der Waals surface area contributed by atoms with Crippen LogP contribution in [-0.4, -0.2) is 41.0 Å². The maximum absolute atomic E-state index is 5.61. The summed E-state index contributed by atoms with van der Waals surface area (Å²) in [5, 5.41) is 4.89. The molecule has 2 heterocycles. The first-order chi connectivity index (χ1) is 9.19. The number of thioether (sulfide) groups is 1. The number of ether oxygens (including phenoxy) is 1. The van der Waals surface area contributed by atoms with Crippen molar-refractivity contribution >= 4 is 11.8 Å². The number of nitrogens with one attached hydrogen (secondary N) is 1. The molecular weight excluding hydrogens is 258 g/mol. The van der Waals surface area contributed by atoms with Gasteiger partial charge in [-0.2, -0.15) is 0 Å². The van der Waals surface area contributed by atoms with Gasteiger partial charge in [0.25, 0.3) is 0 Å². The Kier molecular flexibility index (Phi) is 5.60. The summed E-state index contributed by atoms with van der Waals surface area (Å²) in [5.41, 5.74) is 2.06. The Morgan fingerprint density at radius 1 is 1.37 bits per heavy atom. The topological polar surface area (TPSA) is 47.0 Å². The van der Waals surface area contributed by atoms with Crippen molar-refractivity contribution in [1.29, 1.82) is 0 Å². The van der Waals surface area contributed by atoms with E-state index in [2.05, 4.69) is 22.2 Å². The summed E-state index contributed by atoms with van der Waals surface area (Å²) < 4.78 is 5.61. The molecule has 1 N–H and O–H groups in total. The van der Waals surface area contributed by atoms with Crippen LogP contribution >= 0.6 is 11.8 Å². The molecule has 1 aliphatic rings. The lowest BCUT2D eigenvalue weighted by atomic mass is 10.1. The van der Waals surface area contributed by atoms with Crippen LogP contribution in [0.1, 0.15) is 31.2 Å². The largest absolute Gasteiger partial charge is 0.380 e. The Morgan fingerprint density at radius 2 is 2.11 bits per heavy atom. The minimum absolute atomic E-state index is 0.404. The van der Waals surface area contributed by atoms with Crippen LogP contribution in [0.4, 0.5) is 0 Å². The fraction of sp³-hybridized carbons (Fsp3) is 0.714. The Bertz CT molecular complexity index is 393. The van der Waals surface area contributed by atoms with E-state index in [1.54, 1.807) is 11.8 Å². The highest BCUT2D eigenvalue weighted by Crippen LogP contribution is 2.27. The number of hydrogen-bond acceptors (Lipinski definition) is 5. The van der Waals surface area contributed by atoms with Crippen molar-refractivity contribution < 1.29 is 4.74 Å². The monoisotopic (exact) mass is 281 g/mol. The summed E-state index contributed by atoms with van der Waals surface area (Å²) in [6.07, 6.45) is 2.23. The number of nitrogens with zero attached hydrogens (tertiary/aromatic N) is 2. The van der Waals surface area contributed by atoms with Gasteiger partial charge in [-0.1, -0.05) is 18.7 Å². The number of aromatic nitrogens is 2. The molecule has 106 valence electrons. The average molecular weight is 281 g/mol. The van der Waals surface area contributed by atoms with Gasteiger partial charge >= 0.3 is 0 Å². The van der Waals surface area contributed by atoms with Gasteiger partial charge < -0.3 is 10.1 Å². The fourth-order valence-corrected chi connectivity index (χ4v) is 3.50. The van der Waals surface area contributed by atoms with Crippen molar-refractivity contribution in [2.24, 2.45) is 0 Å². The Hall–Kier alpha value is -0.650. The summed E-state index contributed by atoms with van der Waals surface area (Å²) in [7, 11) is 0. The van der Waals surface area contributed by atoms with Crippen LogP contribution in [0.15, 0.2) is 11.2 Å². The first-order valence-corrected chi connectivity index (χ1v) is 7.87. The molecule has 1 aliphatic heterocycles. The third-order valence-corrected chi connectivity index (χ3v) is 4.34. The summed E-state index contributed by atoms with van der Waals surface area (Å²) in [4.78, 5) is 9.02. The quantitative estimate of drug-likeness (QED) is 0.839. The van der Waals surface area contributed by atoms with Crippen LogP contribution < -0.4 is 5.32 Å². The Labute approximate surface area is 119 Å². The van der Waals surface area contributed by atoms with Gasteiger partial charge in [-0.15, -0.1) is 0 Å². The maximum Gasteiger partial charge on any atom is 0.188 e. The van der Waals surface area contributed by atoms with Crippen molar-refractivity contribution in [3.05, 3.63) is 17.5 Å². The molecule has 0 bridgehead atoms. The summed E-state index contributed by atoms with van der Waals surface area (Å²) in [6.45, 7) is 8.93. The van der Waals surface area contributed by atoms with E-state index in [0.29, 0.717) is 11.3 Å². The van der Waals surface area contributed by atoms with E-state index in [9.17, 15) is 0 Å². The molecule has 0 saturated carbocycles. The van der Waals surface area contributed by atoms with Crippen LogP contribution in [0.3, 0.4) is 0 Å². The van der Waals surface area contributed by atoms with E-state index in [4.69, 9.17) is 4.74 Å². The molecule has 0 amide bonds. The molecule has 1 aromatic rings. The molecule has 2 atom stereocenters. The average Bonchev–Trinajstić information content (AvgIpc) is 2.36. The van der Waals surface area contributed by atoms with E-state index in [1.807, 2.05) is 19.9 Å². The lowest BCUT2D eigenvalue weighted by molar-refractivity contribution is 0.0832. The van der Waals surface area contributed by atoms with Gasteiger partial charge in [0.2, 0.25) is 0 Å². The van der Waals surface area contributed by atoms with Crippen molar-refractivity contribution in [1.82, 2.24) is 15.3 Å². The first kappa shape index (κ1) is 14.8. The highest BCUT2D eigenvalue weighted by Gasteiger charge is 2.27. The van der Waals surface area contributed by atoms with Crippen molar-refractivity contribution in [3.8, 4) is 0 Å². The van der Waals surface area contributed by atoms with E-state index in [1.165, 1.54) is 0 Å². The first-order valence-electron chi connectivity index (χ1n) is 6.99. The molecule has 0 spiro atoms. The summed E-state index contributed by atoms with van der Waals surface area (Å²) >= 11 is 1.74. The third kappa shape index (κ3) is 4.44. The highest BCUT2D eigenvalue weighted by molar-refractivity contribution is 7.99. The van der Waals surface area contributed by atoms with Crippen LogP contribution in [0.2, 0.25) is 0 Å². The van der Waals surface area contributed by atoms with Gasteiger partial charge in [0.1, 0.15) is 0 Å². The zero-order valence-electron chi connectivity index (χ0n) is 12.0. The van der Waals surface area contributed by atoms with Crippen LogP contribution in [0.25, 0.3) is 0 Å². The van der Waals surface area contributed by atoms with Gasteiger partial charge in [-0.25, -0.2) is 9.97 Å². The zero-order valence-corrected chi connectivity index (χ0v) is 12.8. The fourth-order valence-electron chi connectivity index (χ4n) is 2.27. The van der Waals surface area contributed by atoms with Gasteiger partial charge in [0.15, 0.2) is 5.16 Å². The van der Waals surface area contributed by atoms with E-state index >= 15 is 0 Å². The summed E-state index contributed by atoms with van der Waals surface area (Å²) in [6, 6.07) is 2.51. The second kappa shape index (κ2) is 7.22. The van der Waals surface area contributed by atoms with Gasteiger partial charge in [-0.3, -0.25) is 0 Å². The normalized spacial score (nSPS) is 23.5. The molecule has 0 aliphatic carbocycles. The standard InChI is InChI=1S/C14H23N3OS/c1-4-6-15-12-5-7-18-9-13(12)19-14-16-10(2)8-11(3)17-14/h8,12-13,15H,4-7,9H2,1-3H3. The predicted octanol–water partition coefficient (Wildman–Crippen LogP) is 2.34. The van der Waals surface area contributed by atoms with Crippen molar-refractivity contribution in [3.63, 3.8) is 0 Å². The molecule has 4 nitrogen and oxygen atoms in total. The van der Waals surface area contributed by atoms with Gasteiger partial charge in [0.05, 0.1) is 11.9 Å². The van der Waals surface area contributed by atoms with Crippen molar-refractivity contribution in [2.75, 3.05) is 19.8 Å². The molecule has 1 aromatic heterocycles. The lowest BCUT2D eigenvalue weighted by Gasteiger charge is -2.31. The SMILES string of the molecule is CCCNC1CCOCC1Sc1nc(C)cc(C)n1. The van der Waals surface area contributed by atoms with Crippen molar-refractivity contribution in [2.45, 2.75) is 50.1 Å². The smallest absolute Gasteiger partial charge is 0.188 e. The molecule has 1 fully saturated rings. The van der Waals surface area contributed by atoms with Gasteiger partial charge in [0, 0.05) is 24.0 Å². The summed E-state index contributed by atoms with van der Waals surface area (Å²) in [5.74, 6) is 0. The molecule has 5 heteroatoms. The van der Waals surface area contributed by atoms with Crippen LogP contribution in [-0.2, 0) is 4.74 Å². The molecule has 2 rings (SSSR count). The van der Waals surface area contributed by atoms with E-state index in [-0.39, 0.29) is 0 Å². The van der Waals surface area contributed by atoms with Gasteiger partial charge in [-0.05, 0) is 39.3 Å². The number of rotatable bonds is 5. The number of aryl methyl sites for hydroxylation is 2. The van der Waals surface area contributed by atoms with Crippen LogP contribution in [0.5, 0.6) is 0 Å². The zero-order chi connectivity index (χ0) is 13.7. The molecule has 0 aromatic carbocycles. The second-order valence-electron chi connectivity index (χ2n) is 5.01. The van der Waals surface area contributed by atoms with Crippen LogP contribution in [0, 0.1) is 13.8 Å². The minimum Gasteiger partial charge on any atom is -0.380 e. The second-order valence-corrected chi connectivity index (χ2v) is 6.22. The van der Waals surface area contributed by atoms with E-state index in [0.717, 1.165) is 49.1 Å². The molecule has 0 radical (unpaired) electrons. The maximum atomic E-state index is 5.61. The molecule has 1 saturated heterocycles. The highest BCUT2D eigenvalue weighted by atomic mass is 32.2. The number of hydrogen-bond donors (Lipinski definition) is 1. The predicted molar refractivity (Wildman–Crippen MR) is 78.7 cm³/mol. The van der Waals surface area contributed by atoms with E-state index < -0.39 is 0 Å². The Balaban J connectivity index is 2.01. The third-order valence-electron chi connectivity index (χ3n) is 3.18. The molecule has 19 heavy (non-hydrogen) atoms. The molecule has 2 unspecified atom stereocenters. The minimum atomic E-state index is 0.404. The lowest BCUT2D eigenvalue weighted by Crippen LogP contribution is -2.45.